The highest BCUT2D eigenvalue weighted by Crippen LogP contribution is 2.75. The summed E-state index contributed by atoms with van der Waals surface area (Å²) in [4.78, 5) is 13.9. The minimum Gasteiger partial charge on any atom is -0.465 e. The number of nitrogens with two attached hydrogens (primary N) is 1. The first kappa shape index (κ1) is 27.4. The van der Waals surface area contributed by atoms with Gasteiger partial charge in [0, 0.05) is 17.2 Å². The van der Waals surface area contributed by atoms with E-state index in [4.69, 9.17) is 10.5 Å². The smallest absolute Gasteiger partial charge is 0.312 e. The Labute approximate surface area is 236 Å². The Bertz CT molecular complexity index is 1180. The van der Waals surface area contributed by atoms with Gasteiger partial charge in [-0.3, -0.25) is 9.89 Å². The molecular weight excluding hydrogens is 482 g/mol. The van der Waals surface area contributed by atoms with Gasteiger partial charge in [0.05, 0.1) is 12.0 Å². The number of hydrogen-bond acceptors (Lipinski definition) is 4. The number of nitrogens with one attached hydrogen (secondary N) is 1. The molecule has 8 atom stereocenters. The van der Waals surface area contributed by atoms with Crippen LogP contribution in [0.4, 0.5) is 5.82 Å². The Morgan fingerprint density at radius 1 is 1.13 bits per heavy atom. The third kappa shape index (κ3) is 3.62. The predicted molar refractivity (Wildman–Crippen MR) is 157 cm³/mol. The average molecular weight is 536 g/mol. The Kier molecular flexibility index (Phi) is 6.22. The largest absolute Gasteiger partial charge is 0.465 e. The number of carbonyl (C=O) groups is 1. The molecular formula is C34H53N3O2. The number of esters is 1. The molecule has 39 heavy (non-hydrogen) atoms. The molecule has 3 N–H and O–H groups in total. The number of hydrogen-bond donors (Lipinski definition) is 2. The molecule has 216 valence electrons. The van der Waals surface area contributed by atoms with Gasteiger partial charge in [0.15, 0.2) is 0 Å². The van der Waals surface area contributed by atoms with Crippen molar-refractivity contribution in [3.05, 3.63) is 22.9 Å². The minimum absolute atomic E-state index is 0.103. The van der Waals surface area contributed by atoms with Gasteiger partial charge in [0.1, 0.15) is 5.82 Å². The van der Waals surface area contributed by atoms with Crippen LogP contribution in [0.5, 0.6) is 0 Å². The molecule has 1 aromatic heterocycles. The predicted octanol–water partition coefficient (Wildman–Crippen LogP) is 7.98. The second-order valence-corrected chi connectivity index (χ2v) is 15.9. The van der Waals surface area contributed by atoms with E-state index in [9.17, 15) is 4.79 Å². The third-order valence-electron chi connectivity index (χ3n) is 13.7. The van der Waals surface area contributed by atoms with Crippen molar-refractivity contribution in [2.75, 3.05) is 12.3 Å². The van der Waals surface area contributed by atoms with E-state index < -0.39 is 0 Å². The number of nitrogens with zero attached hydrogens (tertiary/aromatic N) is 1. The second kappa shape index (κ2) is 8.86. The van der Waals surface area contributed by atoms with Crippen molar-refractivity contribution >= 4 is 11.8 Å². The summed E-state index contributed by atoms with van der Waals surface area (Å²) in [6.07, 6.45) is 14.6. The topological polar surface area (TPSA) is 81.0 Å². The maximum Gasteiger partial charge on any atom is 0.312 e. The van der Waals surface area contributed by atoms with Crippen LogP contribution in [0.25, 0.3) is 0 Å². The molecule has 6 rings (SSSR count). The summed E-state index contributed by atoms with van der Waals surface area (Å²) in [5.41, 5.74) is 11.0. The third-order valence-corrected chi connectivity index (χ3v) is 13.7. The number of rotatable bonds is 4. The summed E-state index contributed by atoms with van der Waals surface area (Å²) in [5.74, 6) is 2.82. The lowest BCUT2D eigenvalue weighted by Gasteiger charge is -2.69. The summed E-state index contributed by atoms with van der Waals surface area (Å²) in [7, 11) is 0. The molecule has 5 heteroatoms. The normalized spacial score (nSPS) is 44.1. The van der Waals surface area contributed by atoms with E-state index in [1.807, 2.05) is 0 Å². The summed E-state index contributed by atoms with van der Waals surface area (Å²) in [5, 5.41) is 7.75. The molecule has 0 radical (unpaired) electrons. The zero-order valence-electron chi connectivity index (χ0n) is 25.7. The number of H-pyrrole nitrogens is 1. The lowest BCUT2D eigenvalue weighted by atomic mass is 9.34. The van der Waals surface area contributed by atoms with Crippen LogP contribution >= 0.6 is 0 Å². The van der Waals surface area contributed by atoms with Crippen LogP contribution in [0.1, 0.15) is 130 Å². The number of nitrogen functional groups attached to an aromatic ring is 1. The van der Waals surface area contributed by atoms with Gasteiger partial charge in [0.25, 0.3) is 0 Å². The molecule has 1 heterocycles. The summed E-state index contributed by atoms with van der Waals surface area (Å²) in [6.45, 7) is 17.8. The maximum absolute atomic E-state index is 13.9. The van der Waals surface area contributed by atoms with E-state index in [0.717, 1.165) is 57.8 Å². The standard InChI is InChI=1S/C34H53N3O2/c1-8-9-18-39-29(38)34-16-14-30(3,4)20-25(34)24-10-11-26-31(5)19-22-27(36-37-28(22)35)21(2)23(31)12-13-33(26,7)32(24,6)15-17-34/h10,21,23,25-26H,8-9,11-20H2,1-7H3,(H3,35,36,37)/t21-,23-,25-,26?,31-,32+,33+,34-/m0/s1. The molecule has 0 amide bonds. The summed E-state index contributed by atoms with van der Waals surface area (Å²) < 4.78 is 6.04. The Balaban J connectivity index is 1.40. The zero-order chi connectivity index (χ0) is 28.0. The first-order valence-electron chi connectivity index (χ1n) is 16.0. The van der Waals surface area contributed by atoms with Gasteiger partial charge >= 0.3 is 5.97 Å². The van der Waals surface area contributed by atoms with Gasteiger partial charge in [-0.2, -0.15) is 5.10 Å². The van der Waals surface area contributed by atoms with Crippen LogP contribution in [0, 0.1) is 44.8 Å². The van der Waals surface area contributed by atoms with Crippen LogP contribution < -0.4 is 5.73 Å². The van der Waals surface area contributed by atoms with Gasteiger partial charge in [-0.05, 0) is 104 Å². The molecule has 1 aromatic rings. The van der Waals surface area contributed by atoms with Crippen molar-refractivity contribution in [2.24, 2.45) is 44.8 Å². The fraction of sp³-hybridized carbons (Fsp3) is 0.824. The molecule has 0 bridgehead atoms. The number of ether oxygens (including phenoxy) is 1. The molecule has 3 fully saturated rings. The number of carbonyl (C=O) groups excluding carboxylic acids is 1. The molecule has 3 saturated carbocycles. The SMILES string of the molecule is CCCCOC(=O)[C@]12CCC(C)(C)C[C@H]1C1=CCC3[C@@]4(C)Cc5c(N)n[nH]c5[C@@H](C)[C@@H]4CC[C@@]3(C)[C@]1(C)CC2. The lowest BCUT2D eigenvalue weighted by molar-refractivity contribution is -0.179. The molecule has 5 aliphatic rings. The van der Waals surface area contributed by atoms with Crippen molar-refractivity contribution < 1.29 is 9.53 Å². The Morgan fingerprint density at radius 2 is 1.87 bits per heavy atom. The number of aromatic nitrogens is 2. The highest BCUT2D eigenvalue weighted by molar-refractivity contribution is 5.78. The monoisotopic (exact) mass is 535 g/mol. The lowest BCUT2D eigenvalue weighted by Crippen LogP contribution is -2.63. The van der Waals surface area contributed by atoms with Crippen molar-refractivity contribution in [3.8, 4) is 0 Å². The van der Waals surface area contributed by atoms with E-state index in [1.54, 1.807) is 5.57 Å². The van der Waals surface area contributed by atoms with Gasteiger partial charge in [-0.15, -0.1) is 0 Å². The number of fused-ring (bicyclic) bond motifs is 8. The minimum atomic E-state index is -0.335. The fourth-order valence-electron chi connectivity index (χ4n) is 11.1. The molecule has 0 spiro atoms. The molecule has 5 aliphatic carbocycles. The van der Waals surface area contributed by atoms with Crippen molar-refractivity contribution in [1.29, 1.82) is 0 Å². The fourth-order valence-corrected chi connectivity index (χ4v) is 11.1. The zero-order valence-corrected chi connectivity index (χ0v) is 25.7. The Morgan fingerprint density at radius 3 is 2.62 bits per heavy atom. The number of unbranched alkanes of at least 4 members (excludes halogenated alkanes) is 1. The number of anilines is 1. The van der Waals surface area contributed by atoms with Crippen molar-refractivity contribution in [1.82, 2.24) is 10.2 Å². The van der Waals surface area contributed by atoms with Gasteiger partial charge in [-0.1, -0.05) is 66.5 Å². The highest BCUT2D eigenvalue weighted by atomic mass is 16.5. The molecule has 0 aromatic carbocycles. The van der Waals surface area contributed by atoms with Crippen LogP contribution in [0.2, 0.25) is 0 Å². The average Bonchev–Trinajstić information content (AvgIpc) is 3.24. The quantitative estimate of drug-likeness (QED) is 0.233. The first-order chi connectivity index (χ1) is 18.3. The molecule has 0 aliphatic heterocycles. The van der Waals surface area contributed by atoms with E-state index in [1.165, 1.54) is 24.1 Å². The number of allylic oxidation sites excluding steroid dienone is 2. The maximum atomic E-state index is 13.9. The number of aromatic amines is 1. The molecule has 0 saturated heterocycles. The van der Waals surface area contributed by atoms with E-state index in [2.05, 4.69) is 64.7 Å². The van der Waals surface area contributed by atoms with Crippen molar-refractivity contribution in [2.45, 2.75) is 125 Å². The summed E-state index contributed by atoms with van der Waals surface area (Å²) >= 11 is 0. The first-order valence-corrected chi connectivity index (χ1v) is 16.0. The molecule has 1 unspecified atom stereocenters. The van der Waals surface area contributed by atoms with Gasteiger partial charge < -0.3 is 10.5 Å². The second-order valence-electron chi connectivity index (χ2n) is 15.9. The van der Waals surface area contributed by atoms with E-state index >= 15 is 0 Å². The van der Waals surface area contributed by atoms with Gasteiger partial charge in [0.2, 0.25) is 0 Å². The van der Waals surface area contributed by atoms with E-state index in [-0.39, 0.29) is 33.0 Å². The Hall–Kier alpha value is -1.78. The van der Waals surface area contributed by atoms with Crippen LogP contribution in [-0.4, -0.2) is 22.8 Å². The van der Waals surface area contributed by atoms with Crippen molar-refractivity contribution in [3.63, 3.8) is 0 Å². The van der Waals surface area contributed by atoms with E-state index in [0.29, 0.717) is 36.1 Å². The van der Waals surface area contributed by atoms with Gasteiger partial charge in [-0.25, -0.2) is 0 Å². The molecule has 5 nitrogen and oxygen atoms in total. The highest BCUT2D eigenvalue weighted by Gasteiger charge is 2.68. The van der Waals surface area contributed by atoms with Crippen LogP contribution in [-0.2, 0) is 16.0 Å². The van der Waals surface area contributed by atoms with Crippen LogP contribution in [0.3, 0.4) is 0 Å². The summed E-state index contributed by atoms with van der Waals surface area (Å²) in [6, 6.07) is 0. The van der Waals surface area contributed by atoms with Crippen LogP contribution in [0.15, 0.2) is 11.6 Å².